The Hall–Kier alpha value is -0.280. The molecule has 2 rings (SSSR count). The van der Waals surface area contributed by atoms with E-state index in [2.05, 4.69) is 35.0 Å². The first kappa shape index (κ1) is 14.1. The van der Waals surface area contributed by atoms with E-state index in [0.717, 1.165) is 23.2 Å². The Kier molecular flexibility index (Phi) is 5.31. The number of benzene rings is 1. The fourth-order valence-corrected chi connectivity index (χ4v) is 4.04. The molecule has 0 saturated heterocycles. The maximum Gasteiger partial charge on any atom is 0.146 e. The first-order valence-corrected chi connectivity index (χ1v) is 8.34. The highest BCUT2D eigenvalue weighted by Crippen LogP contribution is 2.31. The van der Waals surface area contributed by atoms with Gasteiger partial charge in [-0.25, -0.2) is 0 Å². The lowest BCUT2D eigenvalue weighted by molar-refractivity contribution is -0.121. The second kappa shape index (κ2) is 6.76. The largest absolute Gasteiger partial charge is 0.298 e. The number of carbonyl (C=O) groups is 1. The molecule has 0 N–H and O–H groups in total. The highest BCUT2D eigenvalue weighted by molar-refractivity contribution is 9.10. The summed E-state index contributed by atoms with van der Waals surface area (Å²) in [5, 5.41) is 0. The molecule has 0 radical (unpaired) electrons. The van der Waals surface area contributed by atoms with Gasteiger partial charge in [0.05, 0.1) is 5.75 Å². The van der Waals surface area contributed by atoms with Crippen LogP contribution in [0.5, 0.6) is 0 Å². The molecule has 2 unspecified atom stereocenters. The van der Waals surface area contributed by atoms with Gasteiger partial charge in [0, 0.05) is 15.3 Å². The molecule has 0 bridgehead atoms. The quantitative estimate of drug-likeness (QED) is 0.729. The highest BCUT2D eigenvalue weighted by atomic mass is 79.9. The lowest BCUT2D eigenvalue weighted by Gasteiger charge is -2.25. The topological polar surface area (TPSA) is 17.1 Å². The molecule has 0 aromatic heterocycles. The van der Waals surface area contributed by atoms with Gasteiger partial charge in [-0.3, -0.25) is 4.79 Å². The van der Waals surface area contributed by atoms with Crippen molar-refractivity contribution in [2.75, 3.05) is 5.75 Å². The average Bonchev–Trinajstić information content (AvgIpc) is 2.36. The summed E-state index contributed by atoms with van der Waals surface area (Å²) in [5.74, 6) is 2.09. The normalized spacial score (nSPS) is 23.9. The van der Waals surface area contributed by atoms with E-state index in [1.54, 1.807) is 11.8 Å². The average molecular weight is 327 g/mol. The summed E-state index contributed by atoms with van der Waals surface area (Å²) >= 11 is 5.11. The zero-order valence-electron chi connectivity index (χ0n) is 10.7. The predicted octanol–water partition coefficient (Wildman–Crippen LogP) is 4.94. The van der Waals surface area contributed by atoms with Gasteiger partial charge in [0.25, 0.3) is 0 Å². The van der Waals surface area contributed by atoms with Crippen molar-refractivity contribution in [3.8, 4) is 0 Å². The second-order valence-electron chi connectivity index (χ2n) is 5.18. The molecule has 0 amide bonds. The predicted molar refractivity (Wildman–Crippen MR) is 81.0 cm³/mol. The molecule has 0 heterocycles. The lowest BCUT2D eigenvalue weighted by atomic mass is 9.81. The van der Waals surface area contributed by atoms with Gasteiger partial charge in [0.15, 0.2) is 0 Å². The minimum atomic E-state index is 0.313. The lowest BCUT2D eigenvalue weighted by Crippen LogP contribution is -2.23. The number of Topliss-reactive ketones (excluding diaryl/α,β-unsaturated/α-hetero) is 1. The van der Waals surface area contributed by atoms with Crippen LogP contribution in [-0.4, -0.2) is 11.5 Å². The van der Waals surface area contributed by atoms with Crippen LogP contribution in [0.2, 0.25) is 0 Å². The fourth-order valence-electron chi connectivity index (χ4n) is 2.56. The van der Waals surface area contributed by atoms with Crippen LogP contribution in [0.15, 0.2) is 33.6 Å². The third kappa shape index (κ3) is 4.13. The third-order valence-corrected chi connectivity index (χ3v) is 5.08. The fraction of sp³-hybridized carbons (Fsp3) is 0.533. The van der Waals surface area contributed by atoms with Gasteiger partial charge in [-0.05, 0) is 37.0 Å². The van der Waals surface area contributed by atoms with Crippen LogP contribution < -0.4 is 0 Å². The van der Waals surface area contributed by atoms with Crippen LogP contribution in [0.1, 0.15) is 32.6 Å². The molecule has 1 aromatic carbocycles. The van der Waals surface area contributed by atoms with Crippen molar-refractivity contribution in [1.29, 1.82) is 0 Å². The summed E-state index contributed by atoms with van der Waals surface area (Å²) in [6.07, 6.45) is 4.71. The molecular formula is C15H19BrOS. The van der Waals surface area contributed by atoms with Crippen molar-refractivity contribution >= 4 is 33.5 Å². The molecular weight excluding hydrogens is 308 g/mol. The van der Waals surface area contributed by atoms with Crippen LogP contribution >= 0.6 is 27.7 Å². The minimum absolute atomic E-state index is 0.313. The Labute approximate surface area is 122 Å². The molecule has 1 saturated carbocycles. The van der Waals surface area contributed by atoms with Gasteiger partial charge in [-0.15, -0.1) is 11.8 Å². The number of carbonyl (C=O) groups excluding carboxylic acids is 1. The Balaban J connectivity index is 1.84. The maximum atomic E-state index is 12.2. The van der Waals surface area contributed by atoms with Crippen molar-refractivity contribution < 1.29 is 4.79 Å². The van der Waals surface area contributed by atoms with Crippen molar-refractivity contribution in [3.05, 3.63) is 28.7 Å². The van der Waals surface area contributed by atoms with Crippen LogP contribution in [0.3, 0.4) is 0 Å². The van der Waals surface area contributed by atoms with Gasteiger partial charge in [-0.2, -0.15) is 0 Å². The van der Waals surface area contributed by atoms with Crippen LogP contribution in [0, 0.1) is 11.8 Å². The van der Waals surface area contributed by atoms with E-state index in [4.69, 9.17) is 0 Å². The standard InChI is InChI=1S/C15H19BrOS/c1-11-4-2-5-12(8-11)15(17)10-18-14-7-3-6-13(16)9-14/h3,6-7,9,11-12H,2,4-5,8,10H2,1H3. The minimum Gasteiger partial charge on any atom is -0.298 e. The van der Waals surface area contributed by atoms with Gasteiger partial charge >= 0.3 is 0 Å². The van der Waals surface area contributed by atoms with Gasteiger partial charge in [0.2, 0.25) is 0 Å². The monoisotopic (exact) mass is 326 g/mol. The summed E-state index contributed by atoms with van der Waals surface area (Å²) in [7, 11) is 0. The van der Waals surface area contributed by atoms with Crippen LogP contribution in [0.25, 0.3) is 0 Å². The SMILES string of the molecule is CC1CCCC(C(=O)CSc2cccc(Br)c2)C1. The smallest absolute Gasteiger partial charge is 0.146 e. The van der Waals surface area contributed by atoms with Crippen LogP contribution in [0.4, 0.5) is 0 Å². The van der Waals surface area contributed by atoms with E-state index in [1.807, 2.05) is 12.1 Å². The first-order valence-electron chi connectivity index (χ1n) is 6.56. The Bertz CT molecular complexity index is 419. The number of thioether (sulfide) groups is 1. The molecule has 1 aliphatic carbocycles. The Morgan fingerprint density at radius 1 is 1.44 bits per heavy atom. The third-order valence-electron chi connectivity index (χ3n) is 3.57. The molecule has 1 aliphatic rings. The summed E-state index contributed by atoms with van der Waals surface area (Å²) < 4.78 is 1.08. The Morgan fingerprint density at radius 2 is 2.28 bits per heavy atom. The molecule has 0 aliphatic heterocycles. The van der Waals surface area contributed by atoms with Crippen molar-refractivity contribution in [1.82, 2.24) is 0 Å². The summed E-state index contributed by atoms with van der Waals surface area (Å²) in [6.45, 7) is 2.26. The van der Waals surface area contributed by atoms with Crippen molar-refractivity contribution in [2.24, 2.45) is 11.8 Å². The molecule has 3 heteroatoms. The molecule has 1 aromatic rings. The van der Waals surface area contributed by atoms with Gasteiger partial charge < -0.3 is 0 Å². The number of hydrogen-bond acceptors (Lipinski definition) is 2. The van der Waals surface area contributed by atoms with E-state index in [-0.39, 0.29) is 0 Å². The molecule has 0 spiro atoms. The molecule has 2 atom stereocenters. The summed E-state index contributed by atoms with van der Waals surface area (Å²) in [6, 6.07) is 8.15. The molecule has 1 nitrogen and oxygen atoms in total. The maximum absolute atomic E-state index is 12.2. The van der Waals surface area contributed by atoms with Crippen LogP contribution in [-0.2, 0) is 4.79 Å². The molecule has 1 fully saturated rings. The highest BCUT2D eigenvalue weighted by Gasteiger charge is 2.24. The van der Waals surface area contributed by atoms with E-state index in [9.17, 15) is 4.79 Å². The van der Waals surface area contributed by atoms with Gasteiger partial charge in [-0.1, -0.05) is 41.8 Å². The van der Waals surface area contributed by atoms with E-state index in [1.165, 1.54) is 17.7 Å². The summed E-state index contributed by atoms with van der Waals surface area (Å²) in [4.78, 5) is 13.3. The number of rotatable bonds is 4. The Morgan fingerprint density at radius 3 is 3.00 bits per heavy atom. The first-order chi connectivity index (χ1) is 8.65. The zero-order valence-corrected chi connectivity index (χ0v) is 13.1. The van der Waals surface area contributed by atoms with E-state index in [0.29, 0.717) is 17.5 Å². The number of halogens is 1. The molecule has 98 valence electrons. The van der Waals surface area contributed by atoms with Crippen molar-refractivity contribution in [2.45, 2.75) is 37.5 Å². The van der Waals surface area contributed by atoms with Crippen molar-refractivity contribution in [3.63, 3.8) is 0 Å². The summed E-state index contributed by atoms with van der Waals surface area (Å²) in [5.41, 5.74) is 0. The van der Waals surface area contributed by atoms with Gasteiger partial charge in [0.1, 0.15) is 5.78 Å². The zero-order chi connectivity index (χ0) is 13.0. The van der Waals surface area contributed by atoms with E-state index < -0.39 is 0 Å². The van der Waals surface area contributed by atoms with E-state index >= 15 is 0 Å². The number of hydrogen-bond donors (Lipinski definition) is 0. The number of ketones is 1. The molecule has 18 heavy (non-hydrogen) atoms. The second-order valence-corrected chi connectivity index (χ2v) is 7.15.